The minimum atomic E-state index is -0.745. The van der Waals surface area contributed by atoms with Crippen LogP contribution in [0, 0.1) is 0 Å². The lowest BCUT2D eigenvalue weighted by Gasteiger charge is -1.99. The Hall–Kier alpha value is -3.20. The maximum Gasteiger partial charge on any atom is 0.303 e. The minimum absolute atomic E-state index is 0.0752. The highest BCUT2D eigenvalue weighted by Gasteiger charge is 2.06. The van der Waals surface area contributed by atoms with Crippen LogP contribution >= 0.6 is 0 Å². The van der Waals surface area contributed by atoms with Gasteiger partial charge in [-0.2, -0.15) is 0 Å². The Morgan fingerprint density at radius 1 is 0.640 bits per heavy atom. The summed E-state index contributed by atoms with van der Waals surface area (Å²) in [6.07, 6.45) is 0.222. The van der Waals surface area contributed by atoms with Crippen molar-refractivity contribution >= 4 is 11.8 Å². The number of carbonyl (C=O) groups excluding carboxylic acids is 1. The van der Waals surface area contributed by atoms with Crippen molar-refractivity contribution in [3.05, 3.63) is 108 Å². The van der Waals surface area contributed by atoms with Crippen LogP contribution in [-0.4, -0.2) is 16.9 Å². The number of ketones is 1. The average molecular weight is 334 g/mol. The molecule has 0 heterocycles. The van der Waals surface area contributed by atoms with Crippen molar-refractivity contribution in [1.29, 1.82) is 0 Å². The second-order valence-electron chi connectivity index (χ2n) is 4.96. The normalized spacial score (nSPS) is 8.84. The van der Waals surface area contributed by atoms with Gasteiger partial charge >= 0.3 is 5.97 Å². The van der Waals surface area contributed by atoms with E-state index < -0.39 is 5.97 Å². The van der Waals surface area contributed by atoms with E-state index in [0.29, 0.717) is 0 Å². The van der Waals surface area contributed by atoms with Crippen molar-refractivity contribution in [1.82, 2.24) is 0 Å². The number of hydrogen-bond acceptors (Lipinski definition) is 2. The molecule has 3 nitrogen and oxygen atoms in total. The first-order valence-electron chi connectivity index (χ1n) is 8.01. The molecular formula is C22H22O3. The van der Waals surface area contributed by atoms with Gasteiger partial charge in [-0.15, -0.1) is 0 Å². The van der Waals surface area contributed by atoms with Crippen molar-refractivity contribution in [2.45, 2.75) is 13.3 Å². The van der Waals surface area contributed by atoms with Gasteiger partial charge < -0.3 is 5.11 Å². The van der Waals surface area contributed by atoms with Crippen molar-refractivity contribution < 1.29 is 14.7 Å². The molecule has 0 spiro atoms. The lowest BCUT2D eigenvalue weighted by atomic mass is 10.0. The molecule has 3 heteroatoms. The van der Waals surface area contributed by atoms with Gasteiger partial charge in [0.05, 0.1) is 0 Å². The monoisotopic (exact) mass is 334 g/mol. The highest BCUT2D eigenvalue weighted by Crippen LogP contribution is 2.08. The Morgan fingerprint density at radius 2 is 0.880 bits per heavy atom. The Morgan fingerprint density at radius 3 is 1.12 bits per heavy atom. The summed E-state index contributed by atoms with van der Waals surface area (Å²) in [6, 6.07) is 30.6. The van der Waals surface area contributed by atoms with Gasteiger partial charge in [0.15, 0.2) is 5.78 Å². The van der Waals surface area contributed by atoms with E-state index in [2.05, 4.69) is 0 Å². The number of aliphatic carboxylic acids is 1. The summed E-state index contributed by atoms with van der Waals surface area (Å²) in [5.41, 5.74) is 1.47. The number of hydrogen-bond donors (Lipinski definition) is 1. The van der Waals surface area contributed by atoms with Crippen molar-refractivity contribution in [2.24, 2.45) is 0 Å². The molecule has 3 rings (SSSR count). The van der Waals surface area contributed by atoms with Crippen LogP contribution in [0.5, 0.6) is 0 Å². The van der Waals surface area contributed by atoms with Gasteiger partial charge in [-0.1, -0.05) is 104 Å². The Labute approximate surface area is 148 Å². The molecule has 0 saturated carbocycles. The molecule has 0 unspecified atom stereocenters. The third kappa shape index (κ3) is 8.86. The van der Waals surface area contributed by atoms with Crippen LogP contribution in [0.3, 0.4) is 0 Å². The van der Waals surface area contributed by atoms with Crippen LogP contribution in [0.25, 0.3) is 0 Å². The summed E-state index contributed by atoms with van der Waals surface area (Å²) in [4.78, 5) is 21.2. The summed E-state index contributed by atoms with van der Waals surface area (Å²) in [5.74, 6) is -0.670. The van der Waals surface area contributed by atoms with E-state index in [1.807, 2.05) is 97.1 Å². The van der Waals surface area contributed by atoms with Gasteiger partial charge in [0.25, 0.3) is 0 Å². The molecule has 0 aliphatic heterocycles. The van der Waals surface area contributed by atoms with Crippen LogP contribution in [0.4, 0.5) is 0 Å². The average Bonchev–Trinajstić information content (AvgIpc) is 2.71. The summed E-state index contributed by atoms with van der Waals surface area (Å²) in [6.45, 7) is 1.60. The molecule has 25 heavy (non-hydrogen) atoms. The Bertz CT molecular complexity index is 655. The topological polar surface area (TPSA) is 54.4 Å². The first-order chi connectivity index (χ1) is 12.1. The van der Waals surface area contributed by atoms with Crippen LogP contribution in [0.2, 0.25) is 0 Å². The van der Waals surface area contributed by atoms with Crippen molar-refractivity contribution in [3.8, 4) is 0 Å². The summed E-state index contributed by atoms with van der Waals surface area (Å²) in [5, 5.41) is 7.72. The summed E-state index contributed by atoms with van der Waals surface area (Å²) < 4.78 is 0. The predicted octanol–water partition coefficient (Wildman–Crippen LogP) is 5.09. The van der Waals surface area contributed by atoms with Gasteiger partial charge in [0, 0.05) is 17.5 Å². The smallest absolute Gasteiger partial charge is 0.303 e. The molecule has 128 valence electrons. The van der Waals surface area contributed by atoms with Gasteiger partial charge in [0.1, 0.15) is 0 Å². The van der Waals surface area contributed by atoms with E-state index in [1.165, 1.54) is 0 Å². The van der Waals surface area contributed by atoms with E-state index >= 15 is 0 Å². The zero-order valence-electron chi connectivity index (χ0n) is 14.2. The Balaban J connectivity index is 0.000000235. The van der Waals surface area contributed by atoms with Crippen LogP contribution < -0.4 is 0 Å². The number of rotatable bonds is 3. The van der Waals surface area contributed by atoms with E-state index in [0.717, 1.165) is 11.1 Å². The van der Waals surface area contributed by atoms with Crippen molar-refractivity contribution in [3.63, 3.8) is 0 Å². The van der Waals surface area contributed by atoms with E-state index in [9.17, 15) is 9.59 Å². The van der Waals surface area contributed by atoms with Crippen LogP contribution in [-0.2, 0) is 4.79 Å². The van der Waals surface area contributed by atoms with E-state index in [1.54, 1.807) is 6.92 Å². The molecule has 0 radical (unpaired) electrons. The molecule has 3 aromatic rings. The third-order valence-corrected chi connectivity index (χ3v) is 3.04. The van der Waals surface area contributed by atoms with Crippen molar-refractivity contribution in [2.75, 3.05) is 0 Å². The van der Waals surface area contributed by atoms with Crippen LogP contribution in [0.1, 0.15) is 29.3 Å². The van der Waals surface area contributed by atoms with E-state index in [-0.39, 0.29) is 12.2 Å². The standard InChI is InChI=1S/C13H10O.C6H6.C3H6O2/c14-13(11-7-3-1-4-8-11)12-9-5-2-6-10-12;1-2-4-6-5-3-1;1-2-3(4)5/h1-10H;1-6H;2H2,1H3,(H,4,5). The Kier molecular flexibility index (Phi) is 9.72. The summed E-state index contributed by atoms with van der Waals surface area (Å²) in [7, 11) is 0. The number of carboxylic acid groups (broad SMARTS) is 1. The fourth-order valence-electron chi connectivity index (χ4n) is 1.73. The van der Waals surface area contributed by atoms with E-state index in [4.69, 9.17) is 5.11 Å². The zero-order valence-corrected chi connectivity index (χ0v) is 14.2. The third-order valence-electron chi connectivity index (χ3n) is 3.04. The van der Waals surface area contributed by atoms with Gasteiger partial charge in [-0.3, -0.25) is 9.59 Å². The highest BCUT2D eigenvalue weighted by atomic mass is 16.4. The van der Waals surface area contributed by atoms with Crippen LogP contribution in [0.15, 0.2) is 97.1 Å². The number of benzene rings is 3. The predicted molar refractivity (Wildman–Crippen MR) is 101 cm³/mol. The number of carbonyl (C=O) groups is 2. The maximum atomic E-state index is 11.8. The van der Waals surface area contributed by atoms with Gasteiger partial charge in [-0.25, -0.2) is 0 Å². The highest BCUT2D eigenvalue weighted by molar-refractivity contribution is 6.08. The molecule has 0 aliphatic carbocycles. The minimum Gasteiger partial charge on any atom is -0.481 e. The summed E-state index contributed by atoms with van der Waals surface area (Å²) >= 11 is 0. The fourth-order valence-corrected chi connectivity index (χ4v) is 1.73. The fraction of sp³-hybridized carbons (Fsp3) is 0.0909. The largest absolute Gasteiger partial charge is 0.481 e. The molecule has 1 N–H and O–H groups in total. The second-order valence-corrected chi connectivity index (χ2v) is 4.96. The zero-order chi connectivity index (χ0) is 18.3. The number of carboxylic acids is 1. The first kappa shape index (κ1) is 19.8. The quantitative estimate of drug-likeness (QED) is 0.679. The molecular weight excluding hydrogens is 312 g/mol. The molecule has 0 saturated heterocycles. The molecule has 0 fully saturated rings. The maximum absolute atomic E-state index is 11.8. The van der Waals surface area contributed by atoms with Gasteiger partial charge in [-0.05, 0) is 0 Å². The van der Waals surface area contributed by atoms with Gasteiger partial charge in [0.2, 0.25) is 0 Å². The molecule has 0 atom stereocenters. The molecule has 0 aliphatic rings. The molecule has 0 amide bonds. The molecule has 3 aromatic carbocycles. The first-order valence-corrected chi connectivity index (χ1v) is 8.01. The SMILES string of the molecule is CCC(=O)O.O=C(c1ccccc1)c1ccccc1.c1ccccc1. The second kappa shape index (κ2) is 12.3. The molecule has 0 bridgehead atoms. The lowest BCUT2D eigenvalue weighted by Crippen LogP contribution is -1.99. The lowest BCUT2D eigenvalue weighted by molar-refractivity contribution is -0.136. The molecule has 0 aromatic heterocycles.